The quantitative estimate of drug-likeness (QED) is 0.509. The van der Waals surface area contributed by atoms with Gasteiger partial charge >= 0.3 is 5.97 Å². The summed E-state index contributed by atoms with van der Waals surface area (Å²) in [5.41, 5.74) is -1.76. The Morgan fingerprint density at radius 1 is 1.09 bits per heavy atom. The normalized spacial score (nSPS) is 34.3. The third-order valence-corrected chi connectivity index (χ3v) is 7.25. The number of hydrogen-bond donors (Lipinski definition) is 1. The Kier molecular flexibility index (Phi) is 5.49. The molecule has 4 aliphatic rings. The number of amides is 2. The molecule has 0 bridgehead atoms. The average molecular weight is 469 g/mol. The minimum Gasteiger partial charge on any atom is -0.497 e. The molecule has 1 N–H and O–H groups in total. The number of cyclic esters (lactones) is 1. The van der Waals surface area contributed by atoms with Crippen LogP contribution in [0, 0.1) is 11.8 Å². The fourth-order valence-corrected chi connectivity index (χ4v) is 5.83. The molecule has 0 radical (unpaired) electrons. The topological polar surface area (TPSA) is 106 Å². The van der Waals surface area contributed by atoms with Crippen LogP contribution in [0.2, 0.25) is 0 Å². The summed E-state index contributed by atoms with van der Waals surface area (Å²) in [7, 11) is 1.57. The van der Waals surface area contributed by atoms with Gasteiger partial charge < -0.3 is 29.1 Å². The van der Waals surface area contributed by atoms with Crippen molar-refractivity contribution in [1.29, 1.82) is 0 Å². The molecule has 0 aromatic heterocycles. The summed E-state index contributed by atoms with van der Waals surface area (Å²) in [6.07, 6.45) is 7.38. The lowest BCUT2D eigenvalue weighted by Gasteiger charge is -2.37. The maximum atomic E-state index is 14.1. The number of fused-ring (bicyclic) bond motifs is 2. The highest BCUT2D eigenvalue weighted by Gasteiger charge is 2.74. The van der Waals surface area contributed by atoms with Crippen LogP contribution in [0.4, 0.5) is 5.69 Å². The molecule has 4 heterocycles. The van der Waals surface area contributed by atoms with E-state index in [2.05, 4.69) is 0 Å². The Morgan fingerprint density at radius 3 is 2.56 bits per heavy atom. The van der Waals surface area contributed by atoms with Gasteiger partial charge in [0.05, 0.1) is 18.6 Å². The van der Waals surface area contributed by atoms with Gasteiger partial charge in [0.1, 0.15) is 29.9 Å². The number of likely N-dealkylation sites (tertiary alicyclic amines) is 1. The minimum atomic E-state index is -1.33. The predicted molar refractivity (Wildman–Crippen MR) is 121 cm³/mol. The van der Waals surface area contributed by atoms with E-state index in [0.717, 1.165) is 0 Å². The molecule has 1 unspecified atom stereocenters. The number of rotatable bonds is 5. The fourth-order valence-electron chi connectivity index (χ4n) is 5.83. The van der Waals surface area contributed by atoms with Crippen molar-refractivity contribution in [3.63, 3.8) is 0 Å². The zero-order chi connectivity index (χ0) is 24.1. The van der Waals surface area contributed by atoms with Crippen LogP contribution in [0.25, 0.3) is 0 Å². The Bertz CT molecular complexity index is 1070. The maximum Gasteiger partial charge on any atom is 0.313 e. The second-order valence-electron chi connectivity index (χ2n) is 9.19. The van der Waals surface area contributed by atoms with Gasteiger partial charge in [0.15, 0.2) is 0 Å². The molecule has 1 spiro atoms. The number of aliphatic hydroxyl groups is 1. The van der Waals surface area contributed by atoms with Crippen molar-refractivity contribution in [1.82, 2.24) is 4.90 Å². The number of aliphatic hydroxyl groups excluding tert-OH is 1. The highest BCUT2D eigenvalue weighted by molar-refractivity contribution is 6.05. The molecule has 2 fully saturated rings. The summed E-state index contributed by atoms with van der Waals surface area (Å²) >= 11 is 0. The van der Waals surface area contributed by atoms with Gasteiger partial charge in [-0.1, -0.05) is 18.2 Å². The average Bonchev–Trinajstić information content (AvgIpc) is 3.08. The third kappa shape index (κ3) is 3.18. The van der Waals surface area contributed by atoms with Crippen LogP contribution >= 0.6 is 0 Å². The molecule has 5 rings (SSSR count). The molecular weight excluding hydrogens is 440 g/mol. The Labute approximate surface area is 197 Å². The van der Waals surface area contributed by atoms with E-state index < -0.39 is 35.0 Å². The summed E-state index contributed by atoms with van der Waals surface area (Å²) in [4.78, 5) is 44.0. The van der Waals surface area contributed by atoms with Gasteiger partial charge in [-0.25, -0.2) is 0 Å². The van der Waals surface area contributed by atoms with Crippen LogP contribution in [0.15, 0.2) is 48.6 Å². The van der Waals surface area contributed by atoms with E-state index in [1.807, 2.05) is 6.08 Å². The molecule has 9 nitrogen and oxygen atoms in total. The molecule has 4 aliphatic heterocycles. The van der Waals surface area contributed by atoms with Gasteiger partial charge in [0.2, 0.25) is 5.91 Å². The van der Waals surface area contributed by atoms with Crippen LogP contribution in [-0.4, -0.2) is 78.4 Å². The number of benzene rings is 1. The van der Waals surface area contributed by atoms with Gasteiger partial charge in [-0.15, -0.1) is 0 Å². The zero-order valence-electron chi connectivity index (χ0n) is 19.2. The molecule has 2 saturated heterocycles. The predicted octanol–water partition coefficient (Wildman–Crippen LogP) is 1.06. The van der Waals surface area contributed by atoms with Crippen LogP contribution in [-0.2, 0) is 23.9 Å². The van der Waals surface area contributed by atoms with Crippen LogP contribution in [0.1, 0.15) is 13.3 Å². The molecule has 2 amide bonds. The van der Waals surface area contributed by atoms with Crippen LogP contribution < -0.4 is 9.64 Å². The number of anilines is 1. The van der Waals surface area contributed by atoms with Crippen molar-refractivity contribution < 1.29 is 33.7 Å². The van der Waals surface area contributed by atoms with Crippen molar-refractivity contribution in [3.05, 3.63) is 48.6 Å². The molecular formula is C25H28N2O7. The van der Waals surface area contributed by atoms with Gasteiger partial charge in [0.25, 0.3) is 5.91 Å². The molecule has 1 aromatic carbocycles. The second-order valence-corrected chi connectivity index (χ2v) is 9.19. The first kappa shape index (κ1) is 22.6. The number of carbonyl (C=O) groups is 3. The largest absolute Gasteiger partial charge is 0.497 e. The lowest BCUT2D eigenvalue weighted by atomic mass is 9.75. The summed E-state index contributed by atoms with van der Waals surface area (Å²) in [6, 6.07) is 6.13. The number of methoxy groups -OCH3 is 1. The number of carbonyl (C=O) groups excluding carboxylic acids is 3. The Hall–Kier alpha value is -3.17. The monoisotopic (exact) mass is 468 g/mol. The zero-order valence-corrected chi connectivity index (χ0v) is 19.2. The first-order chi connectivity index (χ1) is 16.4. The van der Waals surface area contributed by atoms with E-state index in [1.54, 1.807) is 61.4 Å². The first-order valence-corrected chi connectivity index (χ1v) is 11.5. The van der Waals surface area contributed by atoms with E-state index in [-0.39, 0.29) is 38.1 Å². The van der Waals surface area contributed by atoms with E-state index in [1.165, 1.54) is 4.90 Å². The van der Waals surface area contributed by atoms with Crippen molar-refractivity contribution in [3.8, 4) is 5.75 Å². The van der Waals surface area contributed by atoms with Gasteiger partial charge in [0, 0.05) is 25.4 Å². The number of ether oxygens (including phenoxy) is 3. The third-order valence-electron chi connectivity index (χ3n) is 7.25. The first-order valence-electron chi connectivity index (χ1n) is 11.5. The van der Waals surface area contributed by atoms with E-state index in [4.69, 9.17) is 14.2 Å². The van der Waals surface area contributed by atoms with Gasteiger partial charge in [-0.2, -0.15) is 0 Å². The molecule has 34 heavy (non-hydrogen) atoms. The summed E-state index contributed by atoms with van der Waals surface area (Å²) in [6.45, 7) is 2.20. The minimum absolute atomic E-state index is 0.111. The Balaban J connectivity index is 1.61. The number of hydrogen-bond acceptors (Lipinski definition) is 7. The van der Waals surface area contributed by atoms with E-state index >= 15 is 0 Å². The highest BCUT2D eigenvalue weighted by Crippen LogP contribution is 2.57. The summed E-state index contributed by atoms with van der Waals surface area (Å²) < 4.78 is 17.2. The molecule has 0 aliphatic carbocycles. The van der Waals surface area contributed by atoms with Gasteiger partial charge in [-0.05, 0) is 43.7 Å². The van der Waals surface area contributed by atoms with Crippen molar-refractivity contribution >= 4 is 23.5 Å². The number of esters is 1. The van der Waals surface area contributed by atoms with E-state index in [0.29, 0.717) is 17.9 Å². The number of nitrogens with zero attached hydrogens (tertiary/aromatic N) is 2. The second kappa shape index (κ2) is 8.25. The Morgan fingerprint density at radius 2 is 1.85 bits per heavy atom. The lowest BCUT2D eigenvalue weighted by molar-refractivity contribution is -0.156. The standard InChI is InChI=1S/C25H28N2O7/c1-24-10-4-15-33-23(31)19(24)18-21(29)27(13-5-14-28)20-22(30)26(12-3-11-25(18,20)34-24)16-6-8-17(32-2)9-7-16/h3-4,6-11,18-20,28H,5,12-15H2,1-2H3/t18-,19-,20?,24+,25-/m0/s1. The van der Waals surface area contributed by atoms with Crippen LogP contribution in [0.3, 0.4) is 0 Å². The van der Waals surface area contributed by atoms with Crippen molar-refractivity contribution in [2.24, 2.45) is 11.8 Å². The maximum absolute atomic E-state index is 14.1. The fraction of sp³-hybridized carbons (Fsp3) is 0.480. The molecule has 9 heteroatoms. The smallest absolute Gasteiger partial charge is 0.313 e. The molecule has 0 saturated carbocycles. The molecule has 5 atom stereocenters. The SMILES string of the molecule is COc1ccc(N2CC=C[C@]34O[C@]5(C)C=CCOC(=O)[C@@H]5[C@H]3C(=O)N(CCCO)C4C2=O)cc1. The van der Waals surface area contributed by atoms with Gasteiger partial charge in [-0.3, -0.25) is 14.4 Å². The molecule has 1 aromatic rings. The van der Waals surface area contributed by atoms with Crippen LogP contribution in [0.5, 0.6) is 5.75 Å². The van der Waals surface area contributed by atoms with Crippen molar-refractivity contribution in [2.75, 3.05) is 38.3 Å². The molecule has 180 valence electrons. The lowest BCUT2D eigenvalue weighted by Crippen LogP contribution is -2.56. The van der Waals surface area contributed by atoms with Crippen molar-refractivity contribution in [2.45, 2.75) is 30.6 Å². The summed E-state index contributed by atoms with van der Waals surface area (Å²) in [5, 5.41) is 9.45. The van der Waals surface area contributed by atoms with E-state index in [9.17, 15) is 19.5 Å². The summed E-state index contributed by atoms with van der Waals surface area (Å²) in [5.74, 6) is -2.29. The highest BCUT2D eigenvalue weighted by atomic mass is 16.6.